The number of alkyl halides is 1. The summed E-state index contributed by atoms with van der Waals surface area (Å²) in [6.07, 6.45) is 9.88. The molecule has 1 aliphatic carbocycles. The van der Waals surface area contributed by atoms with Gasteiger partial charge in [-0.15, -0.1) is 0 Å². The van der Waals surface area contributed by atoms with Gasteiger partial charge in [-0.05, 0) is 28.7 Å². The van der Waals surface area contributed by atoms with Crippen LogP contribution in [0, 0.1) is 5.92 Å². The molecule has 20 heavy (non-hydrogen) atoms. The van der Waals surface area contributed by atoms with Gasteiger partial charge in [0.15, 0.2) is 0 Å². The molecule has 1 heteroatoms. The van der Waals surface area contributed by atoms with Gasteiger partial charge < -0.3 is 0 Å². The number of fused-ring (bicyclic) bond motifs is 1. The second-order valence-corrected chi connectivity index (χ2v) is 7.23. The number of hydrogen-bond acceptors (Lipinski definition) is 0. The number of halogens is 1. The fourth-order valence-electron chi connectivity index (χ4n) is 3.54. The monoisotopic (exact) mass is 330 g/mol. The highest BCUT2D eigenvalue weighted by atomic mass is 79.9. The van der Waals surface area contributed by atoms with Gasteiger partial charge >= 0.3 is 0 Å². The molecule has 0 amide bonds. The topological polar surface area (TPSA) is 0 Å². The van der Waals surface area contributed by atoms with Crippen molar-refractivity contribution >= 4 is 26.7 Å². The van der Waals surface area contributed by atoms with Crippen LogP contribution >= 0.6 is 15.9 Å². The molecule has 2 aromatic carbocycles. The van der Waals surface area contributed by atoms with E-state index in [4.69, 9.17) is 0 Å². The number of hydrogen-bond donors (Lipinski definition) is 0. The van der Waals surface area contributed by atoms with Crippen molar-refractivity contribution in [1.82, 2.24) is 0 Å². The van der Waals surface area contributed by atoms with Crippen LogP contribution in [0.15, 0.2) is 42.5 Å². The van der Waals surface area contributed by atoms with E-state index in [2.05, 4.69) is 58.4 Å². The van der Waals surface area contributed by atoms with Crippen LogP contribution in [0.25, 0.3) is 10.8 Å². The van der Waals surface area contributed by atoms with Gasteiger partial charge in [0, 0.05) is 4.83 Å². The van der Waals surface area contributed by atoms with E-state index in [1.165, 1.54) is 61.3 Å². The largest absolute Gasteiger partial charge is 0.0838 e. The van der Waals surface area contributed by atoms with Crippen LogP contribution in [0.1, 0.15) is 55.3 Å². The smallest absolute Gasteiger partial charge is 0.0404 e. The van der Waals surface area contributed by atoms with Crippen LogP contribution in [0.3, 0.4) is 0 Å². The molecule has 1 fully saturated rings. The third-order valence-corrected chi connectivity index (χ3v) is 5.54. The van der Waals surface area contributed by atoms with E-state index in [0.29, 0.717) is 4.83 Å². The summed E-state index contributed by atoms with van der Waals surface area (Å²) >= 11 is 3.97. The number of rotatable bonds is 3. The average Bonchev–Trinajstić information content (AvgIpc) is 2.75. The van der Waals surface area contributed by atoms with Crippen molar-refractivity contribution in [2.45, 2.75) is 49.8 Å². The fraction of sp³-hybridized carbons (Fsp3) is 0.474. The second kappa shape index (κ2) is 6.76. The molecule has 0 saturated heterocycles. The zero-order chi connectivity index (χ0) is 13.8. The number of benzene rings is 2. The Balaban J connectivity index is 1.79. The molecule has 0 nitrogen and oxygen atoms in total. The molecule has 0 aromatic heterocycles. The van der Waals surface area contributed by atoms with Crippen LogP contribution in [0.4, 0.5) is 0 Å². The van der Waals surface area contributed by atoms with Crippen molar-refractivity contribution in [3.8, 4) is 0 Å². The standard InChI is InChI=1S/C19H23Br/c20-19(14-15-8-3-1-2-4-9-15)18-13-7-11-16-10-5-6-12-17(16)18/h5-7,10-13,15,19H,1-4,8-9,14H2. The fourth-order valence-corrected chi connectivity index (χ4v) is 4.47. The first-order valence-electron chi connectivity index (χ1n) is 7.96. The highest BCUT2D eigenvalue weighted by Crippen LogP contribution is 2.38. The molecular formula is C19H23Br. The molecule has 0 spiro atoms. The molecule has 1 atom stereocenters. The highest BCUT2D eigenvalue weighted by Gasteiger charge is 2.18. The average molecular weight is 331 g/mol. The molecule has 1 unspecified atom stereocenters. The summed E-state index contributed by atoms with van der Waals surface area (Å²) in [5.74, 6) is 0.904. The Bertz CT molecular complexity index is 547. The van der Waals surface area contributed by atoms with Crippen molar-refractivity contribution in [2.75, 3.05) is 0 Å². The van der Waals surface area contributed by atoms with E-state index in [-0.39, 0.29) is 0 Å². The van der Waals surface area contributed by atoms with E-state index >= 15 is 0 Å². The van der Waals surface area contributed by atoms with Gasteiger partial charge in [0.05, 0.1) is 0 Å². The third kappa shape index (κ3) is 3.25. The molecular weight excluding hydrogens is 308 g/mol. The Morgan fingerprint density at radius 1 is 0.900 bits per heavy atom. The van der Waals surface area contributed by atoms with Gasteiger partial charge in [0.2, 0.25) is 0 Å². The summed E-state index contributed by atoms with van der Waals surface area (Å²) in [4.78, 5) is 0.497. The minimum Gasteiger partial charge on any atom is -0.0838 e. The summed E-state index contributed by atoms with van der Waals surface area (Å²) in [6.45, 7) is 0. The van der Waals surface area contributed by atoms with Crippen LogP contribution in [-0.4, -0.2) is 0 Å². The minimum absolute atomic E-state index is 0.497. The Kier molecular flexibility index (Phi) is 4.77. The molecule has 0 aliphatic heterocycles. The van der Waals surface area contributed by atoms with Crippen molar-refractivity contribution < 1.29 is 0 Å². The van der Waals surface area contributed by atoms with Crippen LogP contribution in [0.2, 0.25) is 0 Å². The van der Waals surface area contributed by atoms with E-state index < -0.39 is 0 Å². The maximum absolute atomic E-state index is 3.97. The van der Waals surface area contributed by atoms with Crippen LogP contribution in [-0.2, 0) is 0 Å². The molecule has 0 bridgehead atoms. The Morgan fingerprint density at radius 3 is 2.40 bits per heavy atom. The lowest BCUT2D eigenvalue weighted by atomic mass is 9.91. The predicted molar refractivity (Wildman–Crippen MR) is 91.4 cm³/mol. The van der Waals surface area contributed by atoms with E-state index in [9.17, 15) is 0 Å². The highest BCUT2D eigenvalue weighted by molar-refractivity contribution is 9.09. The minimum atomic E-state index is 0.497. The first-order chi connectivity index (χ1) is 9.84. The van der Waals surface area contributed by atoms with Gasteiger partial charge in [-0.25, -0.2) is 0 Å². The van der Waals surface area contributed by atoms with E-state index in [1.807, 2.05) is 0 Å². The Morgan fingerprint density at radius 2 is 1.60 bits per heavy atom. The van der Waals surface area contributed by atoms with E-state index in [1.54, 1.807) is 0 Å². The zero-order valence-corrected chi connectivity index (χ0v) is 13.6. The molecule has 0 radical (unpaired) electrons. The summed E-state index contributed by atoms with van der Waals surface area (Å²) in [5, 5.41) is 2.76. The summed E-state index contributed by atoms with van der Waals surface area (Å²) in [5.41, 5.74) is 1.47. The lowest BCUT2D eigenvalue weighted by molar-refractivity contribution is 0.427. The summed E-state index contributed by atoms with van der Waals surface area (Å²) in [7, 11) is 0. The van der Waals surface area contributed by atoms with Gasteiger partial charge in [0.25, 0.3) is 0 Å². The van der Waals surface area contributed by atoms with Crippen molar-refractivity contribution in [2.24, 2.45) is 5.92 Å². The Labute approximate surface area is 130 Å². The summed E-state index contributed by atoms with van der Waals surface area (Å²) in [6, 6.07) is 15.4. The Hall–Kier alpha value is -0.820. The van der Waals surface area contributed by atoms with Crippen molar-refractivity contribution in [3.05, 3.63) is 48.0 Å². The first kappa shape index (κ1) is 14.1. The molecule has 106 valence electrons. The van der Waals surface area contributed by atoms with Gasteiger partial charge in [0.1, 0.15) is 0 Å². The SMILES string of the molecule is BrC(CC1CCCCCC1)c1cccc2ccccc12. The molecule has 0 N–H and O–H groups in total. The first-order valence-corrected chi connectivity index (χ1v) is 8.88. The van der Waals surface area contributed by atoms with Crippen molar-refractivity contribution in [3.63, 3.8) is 0 Å². The molecule has 1 saturated carbocycles. The normalized spacial score (nSPS) is 18.9. The summed E-state index contributed by atoms with van der Waals surface area (Å²) < 4.78 is 0. The van der Waals surface area contributed by atoms with Crippen LogP contribution in [0.5, 0.6) is 0 Å². The second-order valence-electron chi connectivity index (χ2n) is 6.13. The van der Waals surface area contributed by atoms with Gasteiger partial charge in [-0.3, -0.25) is 0 Å². The molecule has 2 aromatic rings. The van der Waals surface area contributed by atoms with Gasteiger partial charge in [-0.1, -0.05) is 96.9 Å². The molecule has 0 heterocycles. The maximum Gasteiger partial charge on any atom is 0.0404 e. The maximum atomic E-state index is 3.97. The quantitative estimate of drug-likeness (QED) is 0.437. The van der Waals surface area contributed by atoms with E-state index in [0.717, 1.165) is 5.92 Å². The lowest BCUT2D eigenvalue weighted by Crippen LogP contribution is -2.03. The van der Waals surface area contributed by atoms with Crippen LogP contribution < -0.4 is 0 Å². The van der Waals surface area contributed by atoms with Gasteiger partial charge in [-0.2, -0.15) is 0 Å². The lowest BCUT2D eigenvalue weighted by Gasteiger charge is -2.19. The molecule has 3 rings (SSSR count). The third-order valence-electron chi connectivity index (χ3n) is 4.68. The predicted octanol–water partition coefficient (Wildman–Crippen LogP) is 6.64. The zero-order valence-electron chi connectivity index (χ0n) is 12.0. The molecule has 1 aliphatic rings. The van der Waals surface area contributed by atoms with Crippen molar-refractivity contribution in [1.29, 1.82) is 0 Å².